The van der Waals surface area contributed by atoms with Gasteiger partial charge in [-0.15, -0.1) is 6.58 Å². The predicted octanol–water partition coefficient (Wildman–Crippen LogP) is 0.383. The van der Waals surface area contributed by atoms with Crippen molar-refractivity contribution in [3.8, 4) is 0 Å². The molecule has 0 radical (unpaired) electrons. The fourth-order valence-corrected chi connectivity index (χ4v) is 1.40. The Morgan fingerprint density at radius 1 is 1.67 bits per heavy atom. The molecular weight excluding hydrogens is 238 g/mol. The van der Waals surface area contributed by atoms with Crippen molar-refractivity contribution in [3.63, 3.8) is 0 Å². The van der Waals surface area contributed by atoms with E-state index in [0.29, 0.717) is 19.7 Å². The van der Waals surface area contributed by atoms with Gasteiger partial charge in [0.05, 0.1) is 12.9 Å². The Kier molecular flexibility index (Phi) is 5.06. The van der Waals surface area contributed by atoms with E-state index in [0.717, 1.165) is 0 Å². The molecule has 1 rings (SSSR count). The zero-order chi connectivity index (χ0) is 13.5. The number of ether oxygens (including phenoxy) is 1. The van der Waals surface area contributed by atoms with Crippen LogP contribution in [0.15, 0.2) is 19.0 Å². The molecular formula is C11H15N3O4. The van der Waals surface area contributed by atoms with Crippen molar-refractivity contribution in [1.82, 2.24) is 14.9 Å². The van der Waals surface area contributed by atoms with Crippen molar-refractivity contribution < 1.29 is 19.4 Å². The second kappa shape index (κ2) is 6.55. The highest BCUT2D eigenvalue weighted by atomic mass is 16.5. The van der Waals surface area contributed by atoms with E-state index in [-0.39, 0.29) is 11.4 Å². The number of carboxylic acids is 1. The molecule has 0 bridgehead atoms. The molecule has 1 aromatic heterocycles. The number of carbonyl (C=O) groups is 2. The predicted molar refractivity (Wildman–Crippen MR) is 63.5 cm³/mol. The van der Waals surface area contributed by atoms with Crippen LogP contribution < -0.4 is 0 Å². The molecule has 0 aliphatic rings. The number of H-pyrrole nitrogens is 1. The van der Waals surface area contributed by atoms with Gasteiger partial charge in [0, 0.05) is 20.2 Å². The zero-order valence-corrected chi connectivity index (χ0v) is 10.0. The number of imidazole rings is 1. The summed E-state index contributed by atoms with van der Waals surface area (Å²) >= 11 is 0. The van der Waals surface area contributed by atoms with Crippen LogP contribution in [0, 0.1) is 0 Å². The smallest absolute Gasteiger partial charge is 0.354 e. The van der Waals surface area contributed by atoms with Gasteiger partial charge in [-0.05, 0) is 0 Å². The molecule has 0 aliphatic carbocycles. The lowest BCUT2D eigenvalue weighted by Crippen LogP contribution is -2.35. The number of aromatic carboxylic acids is 1. The Morgan fingerprint density at radius 2 is 2.39 bits per heavy atom. The van der Waals surface area contributed by atoms with Gasteiger partial charge in [0.25, 0.3) is 5.91 Å². The minimum absolute atomic E-state index is 0.111. The minimum Gasteiger partial charge on any atom is -0.477 e. The molecule has 0 saturated carbocycles. The number of nitrogens with one attached hydrogen (secondary N) is 1. The molecule has 1 aromatic rings. The van der Waals surface area contributed by atoms with Crippen LogP contribution in [0.3, 0.4) is 0 Å². The van der Waals surface area contributed by atoms with Crippen molar-refractivity contribution in [1.29, 1.82) is 0 Å². The molecule has 0 saturated heterocycles. The van der Waals surface area contributed by atoms with Crippen LogP contribution in [0.4, 0.5) is 0 Å². The molecule has 2 N–H and O–H groups in total. The summed E-state index contributed by atoms with van der Waals surface area (Å²) in [6.45, 7) is 4.54. The summed E-state index contributed by atoms with van der Waals surface area (Å²) in [5.41, 5.74) is -0.327. The first-order chi connectivity index (χ1) is 8.61. The van der Waals surface area contributed by atoms with Gasteiger partial charge >= 0.3 is 5.97 Å². The molecule has 0 aromatic carbocycles. The summed E-state index contributed by atoms with van der Waals surface area (Å²) in [5.74, 6) is -1.69. The van der Waals surface area contributed by atoms with Crippen LogP contribution in [0.5, 0.6) is 0 Å². The largest absolute Gasteiger partial charge is 0.477 e. The number of methoxy groups -OCH3 is 1. The lowest BCUT2D eigenvalue weighted by Gasteiger charge is -2.19. The SMILES string of the molecule is C=CCN(CCOC)C(=O)c1nc[nH]c1C(=O)O. The molecule has 1 heterocycles. The molecule has 0 atom stereocenters. The summed E-state index contributed by atoms with van der Waals surface area (Å²) < 4.78 is 4.89. The highest BCUT2D eigenvalue weighted by Crippen LogP contribution is 2.07. The number of rotatable bonds is 7. The maximum absolute atomic E-state index is 12.1. The van der Waals surface area contributed by atoms with Gasteiger partial charge < -0.3 is 19.7 Å². The van der Waals surface area contributed by atoms with Crippen LogP contribution in [0.2, 0.25) is 0 Å². The third-order valence-corrected chi connectivity index (χ3v) is 2.26. The Balaban J connectivity index is 2.90. The first kappa shape index (κ1) is 13.9. The Morgan fingerprint density at radius 3 is 2.94 bits per heavy atom. The molecule has 0 spiro atoms. The normalized spacial score (nSPS) is 10.1. The number of nitrogens with zero attached hydrogens (tertiary/aromatic N) is 2. The highest BCUT2D eigenvalue weighted by molar-refractivity contribution is 6.02. The summed E-state index contributed by atoms with van der Waals surface area (Å²) in [7, 11) is 1.52. The van der Waals surface area contributed by atoms with Gasteiger partial charge in [0.2, 0.25) is 0 Å². The topological polar surface area (TPSA) is 95.5 Å². The molecule has 1 amide bonds. The summed E-state index contributed by atoms with van der Waals surface area (Å²) in [4.78, 5) is 30.6. The van der Waals surface area contributed by atoms with Crippen LogP contribution >= 0.6 is 0 Å². The number of carboxylic acid groups (broad SMARTS) is 1. The molecule has 0 aliphatic heterocycles. The monoisotopic (exact) mass is 253 g/mol. The third kappa shape index (κ3) is 3.17. The van der Waals surface area contributed by atoms with Gasteiger partial charge in [-0.2, -0.15) is 0 Å². The second-order valence-electron chi connectivity index (χ2n) is 3.46. The van der Waals surface area contributed by atoms with E-state index in [1.54, 1.807) is 6.08 Å². The fraction of sp³-hybridized carbons (Fsp3) is 0.364. The molecule has 7 heteroatoms. The number of carbonyl (C=O) groups excluding carboxylic acids is 1. The van der Waals surface area contributed by atoms with Gasteiger partial charge in [-0.1, -0.05) is 6.08 Å². The number of hydrogen-bond acceptors (Lipinski definition) is 4. The second-order valence-corrected chi connectivity index (χ2v) is 3.46. The number of amides is 1. The van der Waals surface area contributed by atoms with E-state index < -0.39 is 11.9 Å². The number of aromatic amines is 1. The lowest BCUT2D eigenvalue weighted by atomic mass is 10.2. The zero-order valence-electron chi connectivity index (χ0n) is 10.0. The van der Waals surface area contributed by atoms with Crippen molar-refractivity contribution >= 4 is 11.9 Å². The maximum atomic E-state index is 12.1. The third-order valence-electron chi connectivity index (χ3n) is 2.26. The van der Waals surface area contributed by atoms with Gasteiger partial charge in [-0.25, -0.2) is 9.78 Å². The highest BCUT2D eigenvalue weighted by Gasteiger charge is 2.23. The standard InChI is InChI=1S/C11H15N3O4/c1-3-4-14(5-6-18-2)10(15)8-9(11(16)17)13-7-12-8/h3,7H,1,4-6H2,2H3,(H,12,13)(H,16,17). The lowest BCUT2D eigenvalue weighted by molar-refractivity contribution is 0.0659. The summed E-state index contributed by atoms with van der Waals surface area (Å²) in [6, 6.07) is 0. The van der Waals surface area contributed by atoms with Crippen molar-refractivity contribution in [3.05, 3.63) is 30.4 Å². The van der Waals surface area contributed by atoms with E-state index in [4.69, 9.17) is 9.84 Å². The molecule has 18 heavy (non-hydrogen) atoms. The first-order valence-corrected chi connectivity index (χ1v) is 5.27. The average molecular weight is 253 g/mol. The van der Waals surface area contributed by atoms with Gasteiger partial charge in [0.1, 0.15) is 0 Å². The Labute approximate surface area is 104 Å². The quantitative estimate of drug-likeness (QED) is 0.685. The molecule has 0 fully saturated rings. The number of hydrogen-bond donors (Lipinski definition) is 2. The van der Waals surface area contributed by atoms with Crippen LogP contribution in [0.25, 0.3) is 0 Å². The Hall–Kier alpha value is -2.15. The van der Waals surface area contributed by atoms with E-state index in [1.807, 2.05) is 0 Å². The van der Waals surface area contributed by atoms with E-state index in [1.165, 1.54) is 18.3 Å². The van der Waals surface area contributed by atoms with E-state index in [2.05, 4.69) is 16.5 Å². The van der Waals surface area contributed by atoms with Crippen LogP contribution in [0.1, 0.15) is 21.0 Å². The van der Waals surface area contributed by atoms with Crippen LogP contribution in [-0.2, 0) is 4.74 Å². The van der Waals surface area contributed by atoms with E-state index in [9.17, 15) is 9.59 Å². The fourth-order valence-electron chi connectivity index (χ4n) is 1.40. The van der Waals surface area contributed by atoms with Crippen LogP contribution in [-0.4, -0.2) is 58.7 Å². The minimum atomic E-state index is -1.22. The summed E-state index contributed by atoms with van der Waals surface area (Å²) in [5, 5.41) is 8.90. The molecule has 98 valence electrons. The molecule has 0 unspecified atom stereocenters. The van der Waals surface area contributed by atoms with Crippen molar-refractivity contribution in [2.24, 2.45) is 0 Å². The number of aromatic nitrogens is 2. The summed E-state index contributed by atoms with van der Waals surface area (Å²) in [6.07, 6.45) is 2.74. The van der Waals surface area contributed by atoms with Crippen molar-refractivity contribution in [2.75, 3.05) is 26.8 Å². The average Bonchev–Trinajstić information content (AvgIpc) is 2.82. The van der Waals surface area contributed by atoms with Gasteiger partial charge in [-0.3, -0.25) is 4.79 Å². The Bertz CT molecular complexity index is 441. The van der Waals surface area contributed by atoms with E-state index >= 15 is 0 Å². The molecule has 7 nitrogen and oxygen atoms in total. The maximum Gasteiger partial charge on any atom is 0.354 e. The first-order valence-electron chi connectivity index (χ1n) is 5.27. The van der Waals surface area contributed by atoms with Gasteiger partial charge in [0.15, 0.2) is 11.4 Å². The van der Waals surface area contributed by atoms with Crippen molar-refractivity contribution in [2.45, 2.75) is 0 Å².